The molecule has 1 fully saturated rings. The van der Waals surface area contributed by atoms with Crippen LogP contribution in [0.4, 0.5) is 0 Å². The maximum atomic E-state index is 12.0. The molecule has 4 heteroatoms. The number of carbonyl (C=O) groups is 1. The molecule has 88 valence electrons. The summed E-state index contributed by atoms with van der Waals surface area (Å²) in [6.45, 7) is 7.71. The number of aliphatic hydroxyl groups excluding tert-OH is 1. The van der Waals surface area contributed by atoms with E-state index < -0.39 is 0 Å². The molecule has 1 aliphatic rings. The number of hydrogen-bond donors (Lipinski definition) is 2. The Hall–Kier alpha value is -0.610. The van der Waals surface area contributed by atoms with E-state index in [0.717, 1.165) is 19.5 Å². The van der Waals surface area contributed by atoms with Crippen molar-refractivity contribution in [3.8, 4) is 0 Å². The highest BCUT2D eigenvalue weighted by molar-refractivity contribution is 5.84. The van der Waals surface area contributed by atoms with Crippen LogP contribution in [-0.2, 0) is 4.79 Å². The van der Waals surface area contributed by atoms with Gasteiger partial charge in [-0.3, -0.25) is 4.79 Å². The number of rotatable bonds is 5. The van der Waals surface area contributed by atoms with Gasteiger partial charge in [0.25, 0.3) is 0 Å². The Morgan fingerprint density at radius 3 is 2.73 bits per heavy atom. The maximum Gasteiger partial charge on any atom is 0.240 e. The average molecular weight is 214 g/mol. The first-order valence-corrected chi connectivity index (χ1v) is 5.76. The molecule has 0 radical (unpaired) electrons. The number of nitrogens with one attached hydrogen (secondary N) is 1. The Labute approximate surface area is 91.6 Å². The monoisotopic (exact) mass is 214 g/mol. The largest absolute Gasteiger partial charge is 0.394 e. The topological polar surface area (TPSA) is 52.6 Å². The van der Waals surface area contributed by atoms with Gasteiger partial charge >= 0.3 is 0 Å². The molecule has 0 bridgehead atoms. The molecule has 2 atom stereocenters. The molecule has 4 nitrogen and oxygen atoms in total. The normalized spacial score (nSPS) is 23.9. The number of carbonyl (C=O) groups excluding carboxylic acids is 1. The Bertz CT molecular complexity index is 219. The van der Waals surface area contributed by atoms with Crippen LogP contribution in [0, 0.1) is 5.92 Å². The van der Waals surface area contributed by atoms with Crippen LogP contribution in [0.5, 0.6) is 0 Å². The first kappa shape index (κ1) is 12.5. The Kier molecular flexibility index (Phi) is 4.54. The highest BCUT2D eigenvalue weighted by Crippen LogP contribution is 2.19. The summed E-state index contributed by atoms with van der Waals surface area (Å²) in [5.74, 6) is 0.448. The van der Waals surface area contributed by atoms with E-state index in [0.29, 0.717) is 5.92 Å². The van der Waals surface area contributed by atoms with Gasteiger partial charge in [0.15, 0.2) is 0 Å². The van der Waals surface area contributed by atoms with Gasteiger partial charge in [-0.1, -0.05) is 20.8 Å². The lowest BCUT2D eigenvalue weighted by Gasteiger charge is -2.29. The smallest absolute Gasteiger partial charge is 0.240 e. The van der Waals surface area contributed by atoms with Crippen LogP contribution >= 0.6 is 0 Å². The molecule has 1 aliphatic heterocycles. The predicted octanol–water partition coefficient (Wildman–Crippen LogP) is 0.214. The minimum Gasteiger partial charge on any atom is -0.394 e. The Morgan fingerprint density at radius 1 is 1.60 bits per heavy atom. The van der Waals surface area contributed by atoms with Crippen molar-refractivity contribution >= 4 is 5.91 Å². The van der Waals surface area contributed by atoms with E-state index in [1.807, 2.05) is 25.7 Å². The molecule has 2 unspecified atom stereocenters. The fourth-order valence-corrected chi connectivity index (χ4v) is 2.14. The molecule has 0 aromatic carbocycles. The minimum absolute atomic E-state index is 0.0267. The van der Waals surface area contributed by atoms with Crippen molar-refractivity contribution in [1.82, 2.24) is 10.2 Å². The molecule has 1 rings (SSSR count). The fraction of sp³-hybridized carbons (Fsp3) is 0.909. The molecule has 15 heavy (non-hydrogen) atoms. The van der Waals surface area contributed by atoms with Gasteiger partial charge < -0.3 is 15.3 Å². The summed E-state index contributed by atoms with van der Waals surface area (Å²) in [5.41, 5.74) is 0. The third-order valence-corrected chi connectivity index (χ3v) is 3.05. The second kappa shape index (κ2) is 5.47. The summed E-state index contributed by atoms with van der Waals surface area (Å²) in [6.07, 6.45) is 0.857. The Balaban J connectivity index is 2.61. The van der Waals surface area contributed by atoms with Gasteiger partial charge in [0.2, 0.25) is 5.91 Å². The van der Waals surface area contributed by atoms with Crippen LogP contribution in [0.25, 0.3) is 0 Å². The highest BCUT2D eigenvalue weighted by atomic mass is 16.3. The molecule has 1 heterocycles. The summed E-state index contributed by atoms with van der Waals surface area (Å²) in [4.78, 5) is 13.8. The van der Waals surface area contributed by atoms with E-state index in [4.69, 9.17) is 0 Å². The lowest BCUT2D eigenvalue weighted by atomic mass is 10.0. The van der Waals surface area contributed by atoms with Crippen LogP contribution in [-0.4, -0.2) is 47.7 Å². The number of amides is 1. The van der Waals surface area contributed by atoms with Crippen molar-refractivity contribution in [2.45, 2.75) is 39.3 Å². The van der Waals surface area contributed by atoms with Gasteiger partial charge in [0.1, 0.15) is 0 Å². The molecule has 0 aliphatic carbocycles. The standard InChI is InChI=1S/C11H22N2O2/c1-4-12-9-5-6-13(11(9)15)10(7-14)8(2)3/h8-10,12,14H,4-7H2,1-3H3. The minimum atomic E-state index is -0.0391. The van der Waals surface area contributed by atoms with Crippen molar-refractivity contribution in [3.05, 3.63) is 0 Å². The first-order chi connectivity index (χ1) is 7.11. The molecule has 0 aromatic rings. The molecular formula is C11H22N2O2. The fourth-order valence-electron chi connectivity index (χ4n) is 2.14. The zero-order valence-electron chi connectivity index (χ0n) is 9.86. The van der Waals surface area contributed by atoms with Gasteiger partial charge in [-0.15, -0.1) is 0 Å². The van der Waals surface area contributed by atoms with E-state index in [9.17, 15) is 9.90 Å². The van der Waals surface area contributed by atoms with Crippen molar-refractivity contribution in [2.24, 2.45) is 5.92 Å². The summed E-state index contributed by atoms with van der Waals surface area (Å²) in [7, 11) is 0. The van der Waals surface area contributed by atoms with Crippen LogP contribution in [0.2, 0.25) is 0 Å². The van der Waals surface area contributed by atoms with Gasteiger partial charge in [0, 0.05) is 6.54 Å². The van der Waals surface area contributed by atoms with E-state index in [1.165, 1.54) is 0 Å². The molecule has 0 saturated carbocycles. The zero-order valence-corrected chi connectivity index (χ0v) is 9.86. The van der Waals surface area contributed by atoms with Gasteiger partial charge in [-0.25, -0.2) is 0 Å². The van der Waals surface area contributed by atoms with Crippen molar-refractivity contribution in [2.75, 3.05) is 19.7 Å². The molecule has 2 N–H and O–H groups in total. The second-order valence-electron chi connectivity index (χ2n) is 4.42. The number of hydrogen-bond acceptors (Lipinski definition) is 3. The summed E-state index contributed by atoms with van der Waals surface area (Å²) >= 11 is 0. The third kappa shape index (κ3) is 2.69. The SMILES string of the molecule is CCNC1CCN(C(CO)C(C)C)C1=O. The van der Waals surface area contributed by atoms with Crippen molar-refractivity contribution < 1.29 is 9.90 Å². The van der Waals surface area contributed by atoms with E-state index in [-0.39, 0.29) is 24.6 Å². The first-order valence-electron chi connectivity index (χ1n) is 5.76. The van der Waals surface area contributed by atoms with Gasteiger partial charge in [-0.05, 0) is 18.9 Å². The van der Waals surface area contributed by atoms with E-state index in [1.54, 1.807) is 0 Å². The highest BCUT2D eigenvalue weighted by Gasteiger charge is 2.35. The summed E-state index contributed by atoms with van der Waals surface area (Å²) in [6, 6.07) is -0.0658. The summed E-state index contributed by atoms with van der Waals surface area (Å²) < 4.78 is 0. The molecular weight excluding hydrogens is 192 g/mol. The van der Waals surface area contributed by atoms with Gasteiger partial charge in [0.05, 0.1) is 18.7 Å². The van der Waals surface area contributed by atoms with Crippen molar-refractivity contribution in [3.63, 3.8) is 0 Å². The summed E-state index contributed by atoms with van der Waals surface area (Å²) in [5, 5.41) is 12.4. The zero-order chi connectivity index (χ0) is 11.4. The van der Waals surface area contributed by atoms with Crippen LogP contribution in [0.15, 0.2) is 0 Å². The molecule has 0 spiro atoms. The molecule has 0 aromatic heterocycles. The van der Waals surface area contributed by atoms with Gasteiger partial charge in [-0.2, -0.15) is 0 Å². The number of likely N-dealkylation sites (N-methyl/N-ethyl adjacent to an activating group) is 1. The maximum absolute atomic E-state index is 12.0. The van der Waals surface area contributed by atoms with E-state index >= 15 is 0 Å². The van der Waals surface area contributed by atoms with Crippen LogP contribution in [0.1, 0.15) is 27.2 Å². The lowest BCUT2D eigenvalue weighted by Crippen LogP contribution is -2.46. The third-order valence-electron chi connectivity index (χ3n) is 3.05. The predicted molar refractivity (Wildman–Crippen MR) is 59.5 cm³/mol. The molecule has 1 amide bonds. The number of likely N-dealkylation sites (tertiary alicyclic amines) is 1. The Morgan fingerprint density at radius 2 is 2.27 bits per heavy atom. The van der Waals surface area contributed by atoms with Crippen molar-refractivity contribution in [1.29, 1.82) is 0 Å². The average Bonchev–Trinajstić information content (AvgIpc) is 2.51. The quantitative estimate of drug-likeness (QED) is 0.688. The lowest BCUT2D eigenvalue weighted by molar-refractivity contribution is -0.133. The number of aliphatic hydroxyl groups is 1. The van der Waals surface area contributed by atoms with Crippen LogP contribution in [0.3, 0.4) is 0 Å². The number of nitrogens with zero attached hydrogens (tertiary/aromatic N) is 1. The van der Waals surface area contributed by atoms with E-state index in [2.05, 4.69) is 5.32 Å². The second-order valence-corrected chi connectivity index (χ2v) is 4.42. The molecule has 1 saturated heterocycles. The van der Waals surface area contributed by atoms with Crippen LogP contribution < -0.4 is 5.32 Å².